The number of nitrogens with zero attached hydrogens (tertiary/aromatic N) is 4. The van der Waals surface area contributed by atoms with Crippen LogP contribution in [0.25, 0.3) is 53.2 Å². The summed E-state index contributed by atoms with van der Waals surface area (Å²) in [6, 6.07) is 78.8. The van der Waals surface area contributed by atoms with E-state index >= 15 is 0 Å². The van der Waals surface area contributed by atoms with Crippen molar-refractivity contribution in [3.8, 4) is 11.1 Å². The SMILES string of the molecule is Cc1cc2c3c(c1)N(c1ccc4c(c1)C(C)(C)CCC4(C)C)c1c(sc4cc5c(cc14)C(C)(C)CCC5(C)C)B3c1cc3c(cc1N2c1cccc2c1-c1ccccc1C2(C)C)C(C)(C)CCC3(C)CCC(C)(C)c1cccc2c1oc1cccc(N3c4cc5c(cc4B4c6sc7cc8c(cc7c6N(c6ccc7c(c6)C(C)(C)CCC7(C)C)c6cc(C)cc3c64)C(C)(C)CCC8(C)C)C(C)(C)CCC5(C)C)c12. The molecule has 7 aliphatic carbocycles. The van der Waals surface area contributed by atoms with Crippen molar-refractivity contribution in [3.63, 3.8) is 0 Å². The molecule has 9 heteroatoms. The van der Waals surface area contributed by atoms with Crippen LogP contribution in [0.1, 0.15) is 371 Å². The van der Waals surface area contributed by atoms with Crippen LogP contribution in [0.5, 0.6) is 0 Å². The molecule has 26 rings (SSSR count). The zero-order chi connectivity index (χ0) is 99.4. The molecule has 0 saturated heterocycles. The number of para-hydroxylation sites is 1. The van der Waals surface area contributed by atoms with Crippen molar-refractivity contribution < 1.29 is 4.42 Å². The van der Waals surface area contributed by atoms with Crippen molar-refractivity contribution in [2.45, 2.75) is 366 Å². The lowest BCUT2D eigenvalue weighted by molar-refractivity contribution is 0.272. The molecule has 3 aromatic heterocycles. The summed E-state index contributed by atoms with van der Waals surface area (Å²) in [7, 11) is 0. The van der Waals surface area contributed by atoms with Crippen LogP contribution in [0.3, 0.4) is 0 Å². The van der Waals surface area contributed by atoms with Crippen LogP contribution < -0.4 is 51.0 Å². The first-order chi connectivity index (χ1) is 66.7. The molecule has 0 amide bonds. The number of anilines is 12. The Hall–Kier alpha value is -10.3. The number of benzene rings is 12. The van der Waals surface area contributed by atoms with E-state index in [9.17, 15) is 0 Å². The van der Waals surface area contributed by atoms with Crippen molar-refractivity contribution in [3.05, 3.63) is 283 Å². The average Bonchev–Trinajstić information content (AvgIpc) is 1.35. The molecular weight excluding hydrogens is 1760 g/mol. The van der Waals surface area contributed by atoms with Crippen LogP contribution in [-0.4, -0.2) is 13.4 Å². The number of fused-ring (bicyclic) bond motifs is 24. The topological polar surface area (TPSA) is 26.1 Å². The van der Waals surface area contributed by atoms with Crippen LogP contribution in [-0.2, 0) is 75.8 Å². The minimum atomic E-state index is -0.323. The molecule has 7 heterocycles. The van der Waals surface area contributed by atoms with Gasteiger partial charge >= 0.3 is 0 Å². The van der Waals surface area contributed by atoms with Gasteiger partial charge in [-0.3, -0.25) is 0 Å². The molecular formula is C133H146B2N4OS2. The van der Waals surface area contributed by atoms with E-state index < -0.39 is 0 Å². The first-order valence-corrected chi connectivity index (χ1v) is 55.9. The van der Waals surface area contributed by atoms with E-state index in [0.29, 0.717) is 0 Å². The number of hydrogen-bond acceptors (Lipinski definition) is 7. The molecule has 4 aliphatic heterocycles. The van der Waals surface area contributed by atoms with Gasteiger partial charge in [0.25, 0.3) is 13.4 Å². The van der Waals surface area contributed by atoms with Crippen LogP contribution in [0.2, 0.25) is 0 Å². The molecule has 0 radical (unpaired) electrons. The largest absolute Gasteiger partial charge is 0.456 e. The highest BCUT2D eigenvalue weighted by Gasteiger charge is 2.56. The summed E-state index contributed by atoms with van der Waals surface area (Å²) >= 11 is 4.20. The maximum atomic E-state index is 7.81. The van der Waals surface area contributed by atoms with Crippen molar-refractivity contribution in [2.75, 3.05) is 19.6 Å². The lowest BCUT2D eigenvalue weighted by Gasteiger charge is -2.48. The van der Waals surface area contributed by atoms with Crippen LogP contribution in [0.15, 0.2) is 192 Å². The van der Waals surface area contributed by atoms with Crippen LogP contribution in [0.4, 0.5) is 68.2 Å². The highest BCUT2D eigenvalue weighted by molar-refractivity contribution is 7.34. The molecule has 0 saturated carbocycles. The lowest BCUT2D eigenvalue weighted by Crippen LogP contribution is -2.61. The predicted octanol–water partition coefficient (Wildman–Crippen LogP) is 33.9. The Morgan fingerprint density at radius 2 is 0.683 bits per heavy atom. The summed E-state index contributed by atoms with van der Waals surface area (Å²) in [4.78, 5) is 11.2. The van der Waals surface area contributed by atoms with Crippen molar-refractivity contribution >= 4 is 178 Å². The van der Waals surface area contributed by atoms with E-state index in [4.69, 9.17) is 4.42 Å². The third kappa shape index (κ3) is 12.7. The molecule has 142 heavy (non-hydrogen) atoms. The van der Waals surface area contributed by atoms with E-state index in [2.05, 4.69) is 431 Å². The fourth-order valence-corrected chi connectivity index (χ4v) is 33.0. The van der Waals surface area contributed by atoms with E-state index in [1.807, 2.05) is 0 Å². The summed E-state index contributed by atoms with van der Waals surface area (Å²) < 4.78 is 13.5. The van der Waals surface area contributed by atoms with Gasteiger partial charge in [0.05, 0.1) is 28.1 Å². The van der Waals surface area contributed by atoms with Crippen LogP contribution in [0, 0.1) is 13.8 Å². The maximum Gasteiger partial charge on any atom is 0.264 e. The third-order valence-corrected chi connectivity index (χ3v) is 42.6. The highest BCUT2D eigenvalue weighted by atomic mass is 32.1. The van der Waals surface area contributed by atoms with Gasteiger partial charge in [-0.15, -0.1) is 22.7 Å². The molecule has 1 unspecified atom stereocenters. The minimum absolute atomic E-state index is 0.00595. The first-order valence-electron chi connectivity index (χ1n) is 54.3. The molecule has 0 fully saturated rings. The van der Waals surface area contributed by atoms with Crippen molar-refractivity contribution in [1.82, 2.24) is 0 Å². The Morgan fingerprint density at radius 3 is 1.16 bits per heavy atom. The fraction of sp³-hybridized carbons (Fsp3) is 0.429. The number of rotatable bonds is 8. The lowest BCUT2D eigenvalue weighted by atomic mass is 9.35. The van der Waals surface area contributed by atoms with Crippen molar-refractivity contribution in [1.29, 1.82) is 0 Å². The number of hydrogen-bond donors (Lipinski definition) is 0. The molecule has 0 bridgehead atoms. The van der Waals surface area contributed by atoms with Crippen molar-refractivity contribution in [2.24, 2.45) is 0 Å². The van der Waals surface area contributed by atoms with Gasteiger partial charge < -0.3 is 24.0 Å². The second kappa shape index (κ2) is 29.1. The predicted molar refractivity (Wildman–Crippen MR) is 614 cm³/mol. The highest BCUT2D eigenvalue weighted by Crippen LogP contribution is 2.64. The van der Waals surface area contributed by atoms with Gasteiger partial charge in [-0.1, -0.05) is 272 Å². The Bertz CT molecular complexity index is 8120. The third-order valence-electron chi connectivity index (χ3n) is 40.1. The minimum Gasteiger partial charge on any atom is -0.456 e. The Kier molecular flexibility index (Phi) is 18.8. The molecule has 1 atom stereocenters. The standard InChI is InChI=1S/C133H146B2N4OS2/c1-75-61-104-113-106(63-75)138(100-40-33-38-86-111(100)79-35-30-31-37-83(79)132(86,27)28)103-72-94-97(70-99(103)135(113)119-116(82-68-91-96(74-110(82)142-119)130(23,24)56-52-126(91,15)16)136(104)77-43-45-84-88(65-77)123(9,10)49-47-120(84,3)4)133(29,60-58-131(94,25)26)59-57-122(7,8)87-39-32-36-80-112-101(41-34-42-108(112)140-117(80)87)139-102-71-93-92(127(17,18)53-54-128(93,19)20)69-98(102)134-114-105(62-76(2)64-107(114)139)137(78-44-46-85-89(66-78)124(11,12)50-48-121(85,5)6)115-81-67-90-95(73-109(81)141-118(115)134)129(21,22)55-51-125(90,13)14/h30-46,61-74H,47-60H2,1-29H3. The van der Waals surface area contributed by atoms with E-state index in [1.54, 1.807) is 0 Å². The smallest absolute Gasteiger partial charge is 0.264 e. The van der Waals surface area contributed by atoms with Gasteiger partial charge in [-0.05, 0) is 394 Å². The Balaban J connectivity index is 0.650. The Labute approximate surface area is 855 Å². The molecule has 11 aliphatic rings. The summed E-state index contributed by atoms with van der Waals surface area (Å²) in [6.07, 6.45) is 15.7. The quantitative estimate of drug-likeness (QED) is 0.141. The molecule has 722 valence electrons. The van der Waals surface area contributed by atoms with E-state index in [-0.39, 0.29) is 89.2 Å². The first kappa shape index (κ1) is 91.6. The number of aryl methyl sites for hydroxylation is 2. The average molecular weight is 1900 g/mol. The zero-order valence-corrected chi connectivity index (χ0v) is 92.1. The van der Waals surface area contributed by atoms with E-state index in [0.717, 1.165) is 69.0 Å². The summed E-state index contributed by atoms with van der Waals surface area (Å²) in [5.41, 5.74) is 49.9. The zero-order valence-electron chi connectivity index (χ0n) is 90.5. The molecule has 12 aromatic carbocycles. The van der Waals surface area contributed by atoms with Gasteiger partial charge in [0.15, 0.2) is 0 Å². The van der Waals surface area contributed by atoms with Gasteiger partial charge in [0.1, 0.15) is 11.2 Å². The van der Waals surface area contributed by atoms with Gasteiger partial charge in [-0.2, -0.15) is 0 Å². The van der Waals surface area contributed by atoms with Gasteiger partial charge in [0.2, 0.25) is 0 Å². The molecule has 0 spiro atoms. The molecule has 5 nitrogen and oxygen atoms in total. The maximum absolute atomic E-state index is 7.81. The van der Waals surface area contributed by atoms with Gasteiger partial charge in [-0.25, -0.2) is 0 Å². The fourth-order valence-electron chi connectivity index (χ4n) is 30.3. The monoisotopic (exact) mass is 1900 g/mol. The normalized spacial score (nSPS) is 21.8. The number of furan rings is 1. The summed E-state index contributed by atoms with van der Waals surface area (Å²) in [6.45, 7) is 72.9. The van der Waals surface area contributed by atoms with E-state index in [1.165, 1.54) is 268 Å². The second-order valence-corrected chi connectivity index (χ2v) is 57.6. The second-order valence-electron chi connectivity index (χ2n) is 55.4. The van der Waals surface area contributed by atoms with Crippen LogP contribution >= 0.6 is 22.7 Å². The number of thiophene rings is 2. The molecule has 0 N–H and O–H groups in total. The Morgan fingerprint density at radius 1 is 0.310 bits per heavy atom. The summed E-state index contributed by atoms with van der Waals surface area (Å²) in [5.74, 6) is 0. The summed E-state index contributed by atoms with van der Waals surface area (Å²) in [5, 5.41) is 5.15. The van der Waals surface area contributed by atoms with Gasteiger partial charge in [0, 0.05) is 97.2 Å². The molecule has 15 aromatic rings.